The average molecular weight is 401 g/mol. The Hall–Kier alpha value is -3.21. The lowest BCUT2D eigenvalue weighted by atomic mass is 9.90. The quantitative estimate of drug-likeness (QED) is 0.649. The van der Waals surface area contributed by atoms with Crippen molar-refractivity contribution in [2.24, 2.45) is 5.92 Å². The van der Waals surface area contributed by atoms with Gasteiger partial charge in [0.15, 0.2) is 11.5 Å². The lowest BCUT2D eigenvalue weighted by Crippen LogP contribution is -2.35. The zero-order valence-corrected chi connectivity index (χ0v) is 17.4. The predicted molar refractivity (Wildman–Crippen MR) is 121 cm³/mol. The van der Waals surface area contributed by atoms with Crippen LogP contribution in [0, 0.1) is 5.92 Å². The van der Waals surface area contributed by atoms with Gasteiger partial charge in [0.1, 0.15) is 0 Å². The summed E-state index contributed by atoms with van der Waals surface area (Å²) in [5, 5.41) is 11.4. The number of aryl methyl sites for hydroxylation is 1. The Morgan fingerprint density at radius 1 is 0.933 bits per heavy atom. The van der Waals surface area contributed by atoms with E-state index in [1.165, 1.54) is 11.1 Å². The molecule has 5 heteroatoms. The first-order valence-corrected chi connectivity index (χ1v) is 10.7. The fraction of sp³-hybridized carbons (Fsp3) is 0.320. The second-order valence-electron chi connectivity index (χ2n) is 7.90. The monoisotopic (exact) mass is 400 g/mol. The molecule has 0 unspecified atom stereocenters. The van der Waals surface area contributed by atoms with Crippen LogP contribution in [0.15, 0.2) is 66.7 Å². The molecule has 1 aliphatic rings. The lowest BCUT2D eigenvalue weighted by molar-refractivity contribution is 0.102. The summed E-state index contributed by atoms with van der Waals surface area (Å²) in [6.45, 7) is 4.06. The minimum absolute atomic E-state index is 0.236. The predicted octanol–water partition coefficient (Wildman–Crippen LogP) is 4.75. The third-order valence-electron chi connectivity index (χ3n) is 5.81. The Morgan fingerprint density at radius 2 is 1.67 bits per heavy atom. The van der Waals surface area contributed by atoms with Crippen molar-refractivity contribution in [1.29, 1.82) is 0 Å². The number of carbonyl (C=O) groups excluding carboxylic acids is 1. The van der Waals surface area contributed by atoms with E-state index in [9.17, 15) is 4.79 Å². The van der Waals surface area contributed by atoms with Crippen LogP contribution in [0.2, 0.25) is 0 Å². The molecule has 0 saturated carbocycles. The van der Waals surface area contributed by atoms with E-state index >= 15 is 0 Å². The number of aromatic nitrogens is 2. The lowest BCUT2D eigenvalue weighted by Gasteiger charge is -2.32. The molecule has 4 rings (SSSR count). The number of nitrogens with one attached hydrogen (secondary N) is 1. The number of hydrogen-bond donors (Lipinski definition) is 1. The van der Waals surface area contributed by atoms with Gasteiger partial charge in [-0.25, -0.2) is 0 Å². The molecular formula is C25H28N4O. The van der Waals surface area contributed by atoms with Crippen molar-refractivity contribution in [2.75, 3.05) is 23.3 Å². The van der Waals surface area contributed by atoms with Gasteiger partial charge in [0.2, 0.25) is 0 Å². The molecule has 1 fully saturated rings. The molecule has 0 spiro atoms. The van der Waals surface area contributed by atoms with Gasteiger partial charge in [0.05, 0.1) is 0 Å². The Labute approximate surface area is 178 Å². The molecule has 154 valence electrons. The number of hydrogen-bond acceptors (Lipinski definition) is 4. The largest absolute Gasteiger partial charge is 0.355 e. The molecule has 30 heavy (non-hydrogen) atoms. The molecule has 2 heterocycles. The Morgan fingerprint density at radius 3 is 2.30 bits per heavy atom. The maximum atomic E-state index is 12.4. The first-order chi connectivity index (χ1) is 14.7. The van der Waals surface area contributed by atoms with Crippen LogP contribution >= 0.6 is 0 Å². The van der Waals surface area contributed by atoms with Crippen LogP contribution in [0.3, 0.4) is 0 Å². The summed E-state index contributed by atoms with van der Waals surface area (Å²) >= 11 is 0. The van der Waals surface area contributed by atoms with Gasteiger partial charge in [0.25, 0.3) is 5.91 Å². The first kappa shape index (κ1) is 20.1. The first-order valence-electron chi connectivity index (χ1n) is 10.7. The maximum Gasteiger partial charge on any atom is 0.276 e. The highest BCUT2D eigenvalue weighted by Gasteiger charge is 2.21. The van der Waals surface area contributed by atoms with E-state index in [4.69, 9.17) is 0 Å². The van der Waals surface area contributed by atoms with Crippen LogP contribution < -0.4 is 10.2 Å². The zero-order chi connectivity index (χ0) is 20.8. The van der Waals surface area contributed by atoms with Gasteiger partial charge in [0, 0.05) is 18.8 Å². The van der Waals surface area contributed by atoms with Crippen LogP contribution in [0.4, 0.5) is 11.5 Å². The normalized spacial score (nSPS) is 14.5. The maximum absolute atomic E-state index is 12.4. The van der Waals surface area contributed by atoms with Gasteiger partial charge in [-0.15, -0.1) is 10.2 Å². The van der Waals surface area contributed by atoms with E-state index in [1.54, 1.807) is 6.07 Å². The van der Waals surface area contributed by atoms with Gasteiger partial charge in [-0.05, 0) is 67.0 Å². The molecule has 1 N–H and O–H groups in total. The molecule has 1 amide bonds. The van der Waals surface area contributed by atoms with Crippen molar-refractivity contribution in [3.63, 3.8) is 0 Å². The van der Waals surface area contributed by atoms with Crippen LogP contribution in [-0.4, -0.2) is 29.2 Å². The number of carbonyl (C=O) groups is 1. The number of rotatable bonds is 6. The third kappa shape index (κ3) is 5.03. The summed E-state index contributed by atoms with van der Waals surface area (Å²) in [4.78, 5) is 14.7. The zero-order valence-electron chi connectivity index (χ0n) is 17.4. The number of piperidine rings is 1. The second-order valence-corrected chi connectivity index (χ2v) is 7.90. The second kappa shape index (κ2) is 9.53. The molecule has 0 atom stereocenters. The molecular weight excluding hydrogens is 372 g/mol. The minimum Gasteiger partial charge on any atom is -0.355 e. The van der Waals surface area contributed by atoms with E-state index in [1.807, 2.05) is 30.3 Å². The summed E-state index contributed by atoms with van der Waals surface area (Å²) in [5.41, 5.74) is 3.75. The van der Waals surface area contributed by atoms with Crippen LogP contribution in [0.5, 0.6) is 0 Å². The molecule has 3 aromatic rings. The number of nitrogens with zero attached hydrogens (tertiary/aromatic N) is 3. The fourth-order valence-electron chi connectivity index (χ4n) is 3.95. The van der Waals surface area contributed by atoms with Gasteiger partial charge >= 0.3 is 0 Å². The third-order valence-corrected chi connectivity index (χ3v) is 5.81. The number of anilines is 2. The van der Waals surface area contributed by atoms with Gasteiger partial charge in [-0.1, -0.05) is 49.4 Å². The highest BCUT2D eigenvalue weighted by atomic mass is 16.1. The van der Waals surface area contributed by atoms with E-state index in [-0.39, 0.29) is 5.91 Å². The highest BCUT2D eigenvalue weighted by Crippen LogP contribution is 2.24. The summed E-state index contributed by atoms with van der Waals surface area (Å²) < 4.78 is 0. The van der Waals surface area contributed by atoms with Crippen LogP contribution in [0.25, 0.3) is 0 Å². The van der Waals surface area contributed by atoms with E-state index < -0.39 is 0 Å². The van der Waals surface area contributed by atoms with E-state index in [0.717, 1.165) is 50.3 Å². The Balaban J connectivity index is 1.30. The molecule has 5 nitrogen and oxygen atoms in total. The van der Waals surface area contributed by atoms with E-state index in [2.05, 4.69) is 57.7 Å². The Bertz CT molecular complexity index is 947. The van der Waals surface area contributed by atoms with Crippen molar-refractivity contribution in [3.05, 3.63) is 83.6 Å². The van der Waals surface area contributed by atoms with Crippen molar-refractivity contribution < 1.29 is 4.79 Å². The molecule has 0 radical (unpaired) electrons. The van der Waals surface area contributed by atoms with Gasteiger partial charge in [-0.2, -0.15) is 0 Å². The standard InChI is InChI=1S/C25H28N4O/c1-2-19-8-10-22(11-9-19)26-25(30)23-12-13-24(28-27-23)29-16-14-21(15-17-29)18-20-6-4-3-5-7-20/h3-13,21H,2,14-18H2,1H3,(H,26,30). The van der Waals surface area contributed by atoms with Crippen molar-refractivity contribution in [1.82, 2.24) is 10.2 Å². The summed E-state index contributed by atoms with van der Waals surface area (Å²) in [6.07, 6.45) is 4.41. The SMILES string of the molecule is CCc1ccc(NC(=O)c2ccc(N3CCC(Cc4ccccc4)CC3)nn2)cc1. The van der Waals surface area contributed by atoms with Crippen molar-refractivity contribution in [2.45, 2.75) is 32.6 Å². The number of benzene rings is 2. The molecule has 0 aliphatic carbocycles. The van der Waals surface area contributed by atoms with Crippen molar-refractivity contribution >= 4 is 17.4 Å². The smallest absolute Gasteiger partial charge is 0.276 e. The summed E-state index contributed by atoms with van der Waals surface area (Å²) in [5.74, 6) is 1.32. The summed E-state index contributed by atoms with van der Waals surface area (Å²) in [6, 6.07) is 22.2. The topological polar surface area (TPSA) is 58.1 Å². The highest BCUT2D eigenvalue weighted by molar-refractivity contribution is 6.02. The molecule has 0 bridgehead atoms. The Kier molecular flexibility index (Phi) is 6.38. The van der Waals surface area contributed by atoms with E-state index in [0.29, 0.717) is 11.6 Å². The molecule has 1 aliphatic heterocycles. The van der Waals surface area contributed by atoms with Gasteiger partial charge in [-0.3, -0.25) is 4.79 Å². The van der Waals surface area contributed by atoms with Gasteiger partial charge < -0.3 is 10.2 Å². The fourth-order valence-corrected chi connectivity index (χ4v) is 3.95. The molecule has 1 saturated heterocycles. The molecule has 1 aromatic heterocycles. The summed E-state index contributed by atoms with van der Waals surface area (Å²) in [7, 11) is 0. The van der Waals surface area contributed by atoms with Crippen molar-refractivity contribution in [3.8, 4) is 0 Å². The molecule has 2 aromatic carbocycles. The minimum atomic E-state index is -0.236. The average Bonchev–Trinajstić information content (AvgIpc) is 2.81. The van der Waals surface area contributed by atoms with Crippen LogP contribution in [-0.2, 0) is 12.8 Å². The number of amides is 1. The van der Waals surface area contributed by atoms with Crippen LogP contribution in [0.1, 0.15) is 41.4 Å².